The number of nitrogen functional groups attached to an aromatic ring is 1. The van der Waals surface area contributed by atoms with E-state index in [9.17, 15) is 4.79 Å². The molecule has 110 valence electrons. The summed E-state index contributed by atoms with van der Waals surface area (Å²) >= 11 is 6.08. The summed E-state index contributed by atoms with van der Waals surface area (Å²) < 4.78 is 0. The molecule has 3 N–H and O–H groups in total. The van der Waals surface area contributed by atoms with E-state index >= 15 is 0 Å². The van der Waals surface area contributed by atoms with Crippen molar-refractivity contribution in [2.24, 2.45) is 0 Å². The summed E-state index contributed by atoms with van der Waals surface area (Å²) in [6.07, 6.45) is 0. The number of carbonyl (C=O) groups is 1. The third-order valence-electron chi connectivity index (χ3n) is 3.72. The molecule has 0 saturated carbocycles. The Kier molecular flexibility index (Phi) is 4.24. The predicted molar refractivity (Wildman–Crippen MR) is 88.7 cm³/mol. The number of rotatable bonds is 3. The Morgan fingerprint density at radius 3 is 2.38 bits per heavy atom. The van der Waals surface area contributed by atoms with Crippen molar-refractivity contribution in [2.75, 3.05) is 11.1 Å². The topological polar surface area (TPSA) is 55.1 Å². The van der Waals surface area contributed by atoms with E-state index in [4.69, 9.17) is 17.3 Å². The Labute approximate surface area is 130 Å². The van der Waals surface area contributed by atoms with E-state index in [1.54, 1.807) is 18.2 Å². The van der Waals surface area contributed by atoms with Gasteiger partial charge in [0.15, 0.2) is 0 Å². The fourth-order valence-corrected chi connectivity index (χ4v) is 2.23. The van der Waals surface area contributed by atoms with Gasteiger partial charge < -0.3 is 11.1 Å². The molecule has 0 aromatic heterocycles. The van der Waals surface area contributed by atoms with Crippen molar-refractivity contribution in [3.8, 4) is 0 Å². The third-order valence-corrected chi connectivity index (χ3v) is 4.13. The number of halogens is 1. The number of carbonyl (C=O) groups excluding carboxylic acids is 1. The summed E-state index contributed by atoms with van der Waals surface area (Å²) in [7, 11) is 0. The van der Waals surface area contributed by atoms with Gasteiger partial charge in [-0.05, 0) is 56.2 Å². The molecule has 2 rings (SSSR count). The highest BCUT2D eigenvalue weighted by Gasteiger charge is 2.30. The molecule has 3 nitrogen and oxygen atoms in total. The summed E-state index contributed by atoms with van der Waals surface area (Å²) in [5.74, 6) is -0.0855. The molecule has 21 heavy (non-hydrogen) atoms. The highest BCUT2D eigenvalue weighted by molar-refractivity contribution is 6.31. The van der Waals surface area contributed by atoms with Gasteiger partial charge in [0.1, 0.15) is 0 Å². The molecule has 0 atom stereocenters. The molecule has 0 aliphatic rings. The Morgan fingerprint density at radius 1 is 1.14 bits per heavy atom. The fourth-order valence-electron chi connectivity index (χ4n) is 2.05. The molecule has 0 spiro atoms. The molecule has 0 radical (unpaired) electrons. The van der Waals surface area contributed by atoms with Crippen LogP contribution in [0.15, 0.2) is 42.5 Å². The van der Waals surface area contributed by atoms with Crippen molar-refractivity contribution in [2.45, 2.75) is 26.2 Å². The van der Waals surface area contributed by atoms with Crippen LogP contribution in [0.3, 0.4) is 0 Å². The second-order valence-corrected chi connectivity index (χ2v) is 6.02. The average Bonchev–Trinajstić information content (AvgIpc) is 2.44. The molecule has 0 fully saturated rings. The molecule has 2 aromatic carbocycles. The van der Waals surface area contributed by atoms with Crippen molar-refractivity contribution < 1.29 is 4.79 Å². The van der Waals surface area contributed by atoms with Gasteiger partial charge in [-0.3, -0.25) is 4.79 Å². The number of anilines is 2. The average molecular weight is 303 g/mol. The van der Waals surface area contributed by atoms with Crippen molar-refractivity contribution in [3.63, 3.8) is 0 Å². The maximum atomic E-state index is 12.6. The van der Waals surface area contributed by atoms with E-state index in [0.717, 1.165) is 16.8 Å². The van der Waals surface area contributed by atoms with Gasteiger partial charge in [-0.1, -0.05) is 29.8 Å². The molecule has 0 aliphatic carbocycles. The van der Waals surface area contributed by atoms with Crippen LogP contribution in [0.25, 0.3) is 0 Å². The molecule has 0 heterocycles. The van der Waals surface area contributed by atoms with Crippen LogP contribution in [-0.2, 0) is 10.2 Å². The zero-order valence-electron chi connectivity index (χ0n) is 12.4. The summed E-state index contributed by atoms with van der Waals surface area (Å²) in [4.78, 5) is 12.6. The number of hydrogen-bond acceptors (Lipinski definition) is 2. The Balaban J connectivity index is 2.26. The third kappa shape index (κ3) is 3.19. The maximum Gasteiger partial charge on any atom is 0.234 e. The van der Waals surface area contributed by atoms with Crippen molar-refractivity contribution >= 4 is 28.9 Å². The number of benzene rings is 2. The van der Waals surface area contributed by atoms with E-state index in [2.05, 4.69) is 5.32 Å². The largest absolute Gasteiger partial charge is 0.399 e. The first kappa shape index (κ1) is 15.4. The van der Waals surface area contributed by atoms with Gasteiger partial charge in [0.2, 0.25) is 5.91 Å². The van der Waals surface area contributed by atoms with E-state index in [1.807, 2.05) is 45.0 Å². The number of hydrogen-bond donors (Lipinski definition) is 2. The molecule has 0 aliphatic heterocycles. The monoisotopic (exact) mass is 302 g/mol. The lowest BCUT2D eigenvalue weighted by molar-refractivity contribution is -0.120. The molecule has 0 saturated heterocycles. The van der Waals surface area contributed by atoms with Crippen LogP contribution >= 0.6 is 11.6 Å². The van der Waals surface area contributed by atoms with Gasteiger partial charge in [0.05, 0.1) is 5.41 Å². The second-order valence-electron chi connectivity index (χ2n) is 5.61. The summed E-state index contributed by atoms with van der Waals surface area (Å²) in [5.41, 5.74) is 8.21. The predicted octanol–water partition coefficient (Wildman–Crippen LogP) is 4.15. The Bertz CT molecular complexity index is 663. The molecule has 2 aromatic rings. The molecule has 0 unspecified atom stereocenters. The van der Waals surface area contributed by atoms with Gasteiger partial charge in [-0.2, -0.15) is 0 Å². The van der Waals surface area contributed by atoms with Crippen molar-refractivity contribution in [1.29, 1.82) is 0 Å². The zero-order chi connectivity index (χ0) is 15.6. The van der Waals surface area contributed by atoms with Gasteiger partial charge in [0.25, 0.3) is 0 Å². The summed E-state index contributed by atoms with van der Waals surface area (Å²) in [5, 5.41) is 3.59. The maximum absolute atomic E-state index is 12.6. The lowest BCUT2D eigenvalue weighted by Crippen LogP contribution is -2.34. The molecule has 1 amide bonds. The van der Waals surface area contributed by atoms with Gasteiger partial charge in [-0.25, -0.2) is 0 Å². The summed E-state index contributed by atoms with van der Waals surface area (Å²) in [6.45, 7) is 5.65. The van der Waals surface area contributed by atoms with Crippen LogP contribution in [-0.4, -0.2) is 5.91 Å². The fraction of sp³-hybridized carbons (Fsp3) is 0.235. The highest BCUT2D eigenvalue weighted by Crippen LogP contribution is 2.28. The normalized spacial score (nSPS) is 11.2. The van der Waals surface area contributed by atoms with Crippen molar-refractivity contribution in [1.82, 2.24) is 0 Å². The van der Waals surface area contributed by atoms with E-state index in [1.165, 1.54) is 0 Å². The smallest absolute Gasteiger partial charge is 0.234 e. The first-order valence-corrected chi connectivity index (χ1v) is 7.13. The number of nitrogens with two attached hydrogens (primary N) is 1. The van der Waals surface area contributed by atoms with Crippen LogP contribution in [0.4, 0.5) is 11.4 Å². The minimum atomic E-state index is -0.664. The van der Waals surface area contributed by atoms with Crippen LogP contribution in [0, 0.1) is 6.92 Å². The molecule has 4 heteroatoms. The highest BCUT2D eigenvalue weighted by atomic mass is 35.5. The van der Waals surface area contributed by atoms with Crippen LogP contribution in [0.2, 0.25) is 5.02 Å². The number of nitrogens with one attached hydrogen (secondary N) is 1. The van der Waals surface area contributed by atoms with Crippen molar-refractivity contribution in [3.05, 3.63) is 58.6 Å². The molecule has 0 bridgehead atoms. The van der Waals surface area contributed by atoms with Crippen LogP contribution in [0.5, 0.6) is 0 Å². The lowest BCUT2D eigenvalue weighted by atomic mass is 9.83. The van der Waals surface area contributed by atoms with Gasteiger partial charge in [-0.15, -0.1) is 0 Å². The van der Waals surface area contributed by atoms with E-state index in [-0.39, 0.29) is 5.91 Å². The van der Waals surface area contributed by atoms with Gasteiger partial charge in [0, 0.05) is 16.4 Å². The Morgan fingerprint density at radius 2 is 1.76 bits per heavy atom. The second kappa shape index (κ2) is 5.78. The summed E-state index contributed by atoms with van der Waals surface area (Å²) in [6, 6.07) is 12.8. The standard InChI is InChI=1S/C17H19ClN2O/c1-11-14(18)5-4-6-15(11)20-16(21)17(2,3)12-7-9-13(19)10-8-12/h4-10H,19H2,1-3H3,(H,20,21). The minimum absolute atomic E-state index is 0.0855. The molecular formula is C17H19ClN2O. The Hall–Kier alpha value is -2.00. The molecular weight excluding hydrogens is 284 g/mol. The lowest BCUT2D eigenvalue weighted by Gasteiger charge is -2.25. The number of amides is 1. The van der Waals surface area contributed by atoms with Crippen LogP contribution < -0.4 is 11.1 Å². The van der Waals surface area contributed by atoms with E-state index < -0.39 is 5.41 Å². The minimum Gasteiger partial charge on any atom is -0.399 e. The SMILES string of the molecule is Cc1c(Cl)cccc1NC(=O)C(C)(C)c1ccc(N)cc1. The first-order chi connectivity index (χ1) is 9.82. The first-order valence-electron chi connectivity index (χ1n) is 6.75. The quantitative estimate of drug-likeness (QED) is 0.837. The van der Waals surface area contributed by atoms with E-state index in [0.29, 0.717) is 10.7 Å². The van der Waals surface area contributed by atoms with Crippen LogP contribution in [0.1, 0.15) is 25.0 Å². The van der Waals surface area contributed by atoms with Gasteiger partial charge >= 0.3 is 0 Å². The zero-order valence-corrected chi connectivity index (χ0v) is 13.2.